The molecular weight excluding hydrogens is 466 g/mol. The highest BCUT2D eigenvalue weighted by Crippen LogP contribution is 2.44. The van der Waals surface area contributed by atoms with Gasteiger partial charge in [0.2, 0.25) is 5.91 Å². The molecule has 1 unspecified atom stereocenters. The first-order chi connectivity index (χ1) is 17.0. The Morgan fingerprint density at radius 3 is 2.40 bits per heavy atom. The number of hydrogen-bond acceptors (Lipinski definition) is 6. The minimum atomic E-state index is -1.19. The Kier molecular flexibility index (Phi) is 7.43. The Morgan fingerprint density at radius 1 is 1.11 bits per heavy atom. The SMILES string of the molecule is C#CCC(NC(=O)Cc1csc(CNC(=O)OCC2c3ccccc3-c3ccccc32)n1)C(=O)O. The third-order valence-corrected chi connectivity index (χ3v) is 6.52. The number of rotatable bonds is 9. The van der Waals surface area contributed by atoms with Gasteiger partial charge in [0.15, 0.2) is 0 Å². The molecule has 0 saturated carbocycles. The van der Waals surface area contributed by atoms with Crippen LogP contribution in [0, 0.1) is 12.3 Å². The number of terminal acetylenes is 1. The van der Waals surface area contributed by atoms with E-state index in [9.17, 15) is 14.4 Å². The van der Waals surface area contributed by atoms with Crippen molar-refractivity contribution in [3.8, 4) is 23.5 Å². The Bertz CT molecular complexity index is 1250. The maximum absolute atomic E-state index is 12.3. The largest absolute Gasteiger partial charge is 0.480 e. The Hall–Kier alpha value is -4.16. The lowest BCUT2D eigenvalue weighted by Crippen LogP contribution is -2.41. The van der Waals surface area contributed by atoms with Gasteiger partial charge in [-0.15, -0.1) is 23.7 Å². The standard InChI is InChI=1S/C26H23N3O5S/c1-2-7-22(25(31)32)29-23(30)12-16-15-35-24(28-16)13-27-26(33)34-14-21-19-10-5-3-8-17(19)18-9-4-6-11-20(18)21/h1,3-6,8-11,15,21-22H,7,12-14H2,(H,27,33)(H,29,30)(H,31,32). The third-order valence-electron chi connectivity index (χ3n) is 5.62. The molecule has 1 aliphatic rings. The van der Waals surface area contributed by atoms with Gasteiger partial charge in [-0.2, -0.15) is 0 Å². The second kappa shape index (κ2) is 10.8. The number of aromatic nitrogens is 1. The van der Waals surface area contributed by atoms with E-state index in [0.717, 1.165) is 22.3 Å². The van der Waals surface area contributed by atoms with Crippen LogP contribution in [0.3, 0.4) is 0 Å². The number of benzene rings is 2. The number of hydrogen-bond donors (Lipinski definition) is 3. The first-order valence-corrected chi connectivity index (χ1v) is 11.8. The summed E-state index contributed by atoms with van der Waals surface area (Å²) in [5.74, 6) is 0.517. The molecule has 1 aliphatic carbocycles. The predicted octanol–water partition coefficient (Wildman–Crippen LogP) is 3.32. The van der Waals surface area contributed by atoms with E-state index < -0.39 is 24.0 Å². The van der Waals surface area contributed by atoms with Crippen LogP contribution in [0.2, 0.25) is 0 Å². The van der Waals surface area contributed by atoms with Crippen LogP contribution in [0.15, 0.2) is 53.9 Å². The zero-order valence-corrected chi connectivity index (χ0v) is 19.5. The second-order valence-electron chi connectivity index (χ2n) is 7.96. The highest BCUT2D eigenvalue weighted by Gasteiger charge is 2.29. The van der Waals surface area contributed by atoms with Crippen LogP contribution < -0.4 is 10.6 Å². The quantitative estimate of drug-likeness (QED) is 0.397. The fourth-order valence-corrected chi connectivity index (χ4v) is 4.77. The molecule has 1 heterocycles. The van der Waals surface area contributed by atoms with Gasteiger partial charge in [-0.1, -0.05) is 48.5 Å². The monoisotopic (exact) mass is 489 g/mol. The van der Waals surface area contributed by atoms with E-state index in [4.69, 9.17) is 16.3 Å². The van der Waals surface area contributed by atoms with E-state index in [2.05, 4.69) is 45.8 Å². The van der Waals surface area contributed by atoms with E-state index in [1.165, 1.54) is 11.3 Å². The number of nitrogens with one attached hydrogen (secondary N) is 2. The first-order valence-electron chi connectivity index (χ1n) is 10.9. The van der Waals surface area contributed by atoms with Crippen molar-refractivity contribution in [1.29, 1.82) is 0 Å². The lowest BCUT2D eigenvalue weighted by atomic mass is 9.98. The first kappa shape index (κ1) is 24.0. The van der Waals surface area contributed by atoms with Crippen LogP contribution in [0.25, 0.3) is 11.1 Å². The normalized spacial score (nSPS) is 12.7. The van der Waals surface area contributed by atoms with Crippen molar-refractivity contribution in [1.82, 2.24) is 15.6 Å². The van der Waals surface area contributed by atoms with Crippen LogP contribution >= 0.6 is 11.3 Å². The molecule has 9 heteroatoms. The molecular formula is C26H23N3O5S. The average molecular weight is 490 g/mol. The smallest absolute Gasteiger partial charge is 0.407 e. The van der Waals surface area contributed by atoms with Gasteiger partial charge in [-0.05, 0) is 22.3 Å². The average Bonchev–Trinajstić information content (AvgIpc) is 3.43. The van der Waals surface area contributed by atoms with E-state index in [1.54, 1.807) is 5.38 Å². The predicted molar refractivity (Wildman–Crippen MR) is 131 cm³/mol. The van der Waals surface area contributed by atoms with Crippen LogP contribution in [0.4, 0.5) is 4.79 Å². The number of nitrogens with zero attached hydrogens (tertiary/aromatic N) is 1. The summed E-state index contributed by atoms with van der Waals surface area (Å²) in [7, 11) is 0. The Morgan fingerprint density at radius 2 is 1.77 bits per heavy atom. The number of amides is 2. The molecule has 178 valence electrons. The van der Waals surface area contributed by atoms with Crippen molar-refractivity contribution >= 4 is 29.3 Å². The highest BCUT2D eigenvalue weighted by molar-refractivity contribution is 7.09. The van der Waals surface area contributed by atoms with Gasteiger partial charge in [0, 0.05) is 17.7 Å². The molecule has 0 saturated heterocycles. The molecule has 1 aromatic heterocycles. The summed E-state index contributed by atoms with van der Waals surface area (Å²) < 4.78 is 5.51. The van der Waals surface area contributed by atoms with E-state index in [-0.39, 0.29) is 31.9 Å². The molecule has 0 radical (unpaired) electrons. The van der Waals surface area contributed by atoms with Gasteiger partial charge in [-0.3, -0.25) is 4.79 Å². The van der Waals surface area contributed by atoms with Crippen molar-refractivity contribution in [2.75, 3.05) is 6.61 Å². The summed E-state index contributed by atoms with van der Waals surface area (Å²) in [6.07, 6.45) is 4.39. The number of fused-ring (bicyclic) bond motifs is 3. The zero-order valence-electron chi connectivity index (χ0n) is 18.7. The van der Waals surface area contributed by atoms with Crippen molar-refractivity contribution < 1.29 is 24.2 Å². The number of carboxylic acid groups (broad SMARTS) is 1. The maximum atomic E-state index is 12.3. The fraction of sp³-hybridized carbons (Fsp3) is 0.231. The molecule has 3 aromatic rings. The zero-order chi connectivity index (χ0) is 24.8. The fourth-order valence-electron chi connectivity index (χ4n) is 4.04. The molecule has 0 spiro atoms. The molecule has 2 amide bonds. The summed E-state index contributed by atoms with van der Waals surface area (Å²) in [4.78, 5) is 39.9. The topological polar surface area (TPSA) is 118 Å². The molecule has 35 heavy (non-hydrogen) atoms. The van der Waals surface area contributed by atoms with Crippen molar-refractivity contribution in [2.45, 2.75) is 31.3 Å². The minimum Gasteiger partial charge on any atom is -0.480 e. The van der Waals surface area contributed by atoms with E-state index >= 15 is 0 Å². The lowest BCUT2D eigenvalue weighted by molar-refractivity contribution is -0.141. The van der Waals surface area contributed by atoms with Crippen molar-refractivity contribution in [2.24, 2.45) is 0 Å². The van der Waals surface area contributed by atoms with Gasteiger partial charge in [0.1, 0.15) is 17.7 Å². The lowest BCUT2D eigenvalue weighted by Gasteiger charge is -2.14. The number of alkyl carbamates (subject to hydrolysis) is 1. The molecule has 0 fully saturated rings. The van der Waals surface area contributed by atoms with Crippen LogP contribution in [-0.4, -0.2) is 40.7 Å². The molecule has 4 rings (SSSR count). The summed E-state index contributed by atoms with van der Waals surface area (Å²) >= 11 is 1.28. The Balaban J connectivity index is 1.27. The molecule has 2 aromatic carbocycles. The highest BCUT2D eigenvalue weighted by atomic mass is 32.1. The number of thiazole rings is 1. The number of aliphatic carboxylic acids is 1. The Labute approximate surface area is 206 Å². The number of carbonyl (C=O) groups is 3. The van der Waals surface area contributed by atoms with Crippen LogP contribution in [0.5, 0.6) is 0 Å². The van der Waals surface area contributed by atoms with Gasteiger partial charge >= 0.3 is 12.1 Å². The molecule has 0 bridgehead atoms. The minimum absolute atomic E-state index is 0.0257. The van der Waals surface area contributed by atoms with E-state index in [0.29, 0.717) is 10.7 Å². The molecule has 1 atom stereocenters. The van der Waals surface area contributed by atoms with Crippen LogP contribution in [0.1, 0.15) is 34.2 Å². The van der Waals surface area contributed by atoms with Gasteiger partial charge in [-0.25, -0.2) is 14.6 Å². The summed E-state index contributed by atoms with van der Waals surface area (Å²) in [6, 6.07) is 15.1. The van der Waals surface area contributed by atoms with Gasteiger partial charge < -0.3 is 20.5 Å². The number of carbonyl (C=O) groups excluding carboxylic acids is 2. The molecule has 8 nitrogen and oxygen atoms in total. The molecule has 3 N–H and O–H groups in total. The summed E-state index contributed by atoms with van der Waals surface area (Å²) in [5.41, 5.74) is 5.06. The third kappa shape index (κ3) is 5.67. The van der Waals surface area contributed by atoms with E-state index in [1.807, 2.05) is 24.3 Å². The van der Waals surface area contributed by atoms with Crippen LogP contribution in [-0.2, 0) is 27.3 Å². The number of carboxylic acids is 1. The maximum Gasteiger partial charge on any atom is 0.407 e. The second-order valence-corrected chi connectivity index (χ2v) is 8.90. The van der Waals surface area contributed by atoms with Crippen molar-refractivity contribution in [3.05, 3.63) is 75.7 Å². The van der Waals surface area contributed by atoms with Gasteiger partial charge in [0.05, 0.1) is 18.7 Å². The number of ether oxygens (including phenoxy) is 1. The molecule has 0 aliphatic heterocycles. The van der Waals surface area contributed by atoms with Crippen molar-refractivity contribution in [3.63, 3.8) is 0 Å². The summed E-state index contributed by atoms with van der Waals surface area (Å²) in [6.45, 7) is 0.364. The van der Waals surface area contributed by atoms with Gasteiger partial charge in [0.25, 0.3) is 0 Å². The summed E-state index contributed by atoms with van der Waals surface area (Å²) in [5, 5.41) is 16.4.